The molecule has 184 valence electrons. The zero-order chi connectivity index (χ0) is 24.8. The van der Waals surface area contributed by atoms with Gasteiger partial charge in [-0.2, -0.15) is 8.62 Å². The van der Waals surface area contributed by atoms with Crippen LogP contribution in [0.2, 0.25) is 0 Å². The molecule has 32 heavy (non-hydrogen) atoms. The Balaban J connectivity index is 2.29. The maximum atomic E-state index is 15.2. The van der Waals surface area contributed by atoms with Crippen molar-refractivity contribution in [2.24, 2.45) is 5.92 Å². The summed E-state index contributed by atoms with van der Waals surface area (Å²) in [5, 5.41) is 10.3. The fraction of sp³-hybridized carbons (Fsp3) is 0.667. The van der Waals surface area contributed by atoms with Crippen LogP contribution >= 0.6 is 23.5 Å². The van der Waals surface area contributed by atoms with Crippen LogP contribution < -0.4 is 11.2 Å². The molecule has 2 heterocycles. The summed E-state index contributed by atoms with van der Waals surface area (Å²) in [6.07, 6.45) is -1.45. The van der Waals surface area contributed by atoms with Crippen molar-refractivity contribution in [2.75, 3.05) is 6.61 Å². The highest BCUT2D eigenvalue weighted by Crippen LogP contribution is 2.66. The Morgan fingerprint density at radius 2 is 1.81 bits per heavy atom. The first-order valence-electron chi connectivity index (χ1n) is 8.48. The summed E-state index contributed by atoms with van der Waals surface area (Å²) in [5.74, 6) is -4.32. The van der Waals surface area contributed by atoms with Gasteiger partial charge in [-0.3, -0.25) is 18.9 Å². The number of nitrogens with one attached hydrogen (secondary N) is 1. The molecule has 0 bridgehead atoms. The van der Waals surface area contributed by atoms with Crippen LogP contribution in [0.25, 0.3) is 0 Å². The normalized spacial score (nSPS) is 30.2. The zero-order valence-electron chi connectivity index (χ0n) is 16.3. The van der Waals surface area contributed by atoms with Crippen LogP contribution in [0.3, 0.4) is 0 Å². The number of ether oxygens (including phenoxy) is 1. The Hall–Kier alpha value is -1.06. The molecule has 0 radical (unpaired) electrons. The molecule has 2 unspecified atom stereocenters. The predicted octanol–water partition coefficient (Wildman–Crippen LogP) is -0.148. The Bertz CT molecular complexity index is 1110. The summed E-state index contributed by atoms with van der Waals surface area (Å²) in [7, 11) is -17.1. The standard InChI is InChI=1S/C12H20FN2O14P3/c1-7(2)11(6-26-31(22,23)29-32(24,25)28-30(19,20)21)12(13,18)5-9(27-11)15-4-3-8(16)14-10(15)17/h3-4,7,9,18H,5-6H2,1-2H3,(H,22,23)(H,24,25)(H,14,16,17)(H2,19,20,21)/t9-,11+,12+/m1/s1. The lowest BCUT2D eigenvalue weighted by Crippen LogP contribution is -2.55. The number of phosphoric acid groups is 3. The summed E-state index contributed by atoms with van der Waals surface area (Å²) in [5.41, 5.74) is -4.22. The summed E-state index contributed by atoms with van der Waals surface area (Å²) in [4.78, 5) is 60.9. The van der Waals surface area contributed by atoms with Gasteiger partial charge in [0.2, 0.25) is 5.85 Å². The molecule has 2 rings (SSSR count). The number of hydrogen-bond acceptors (Lipinski definition) is 10. The monoisotopic (exact) mass is 528 g/mol. The van der Waals surface area contributed by atoms with Gasteiger partial charge < -0.3 is 29.4 Å². The number of aromatic amines is 1. The van der Waals surface area contributed by atoms with E-state index in [1.165, 1.54) is 13.8 Å². The van der Waals surface area contributed by atoms with Crippen molar-refractivity contribution in [3.63, 3.8) is 0 Å². The number of H-pyrrole nitrogens is 1. The number of nitrogens with zero attached hydrogens (tertiary/aromatic N) is 1. The molecule has 0 aliphatic carbocycles. The van der Waals surface area contributed by atoms with Crippen LogP contribution in [0.5, 0.6) is 0 Å². The fourth-order valence-corrected chi connectivity index (χ4v) is 6.01. The second-order valence-corrected chi connectivity index (χ2v) is 11.4. The number of halogens is 1. The molecule has 1 saturated heterocycles. The van der Waals surface area contributed by atoms with Crippen molar-refractivity contribution >= 4 is 23.5 Å². The smallest absolute Gasteiger partial charge is 0.359 e. The predicted molar refractivity (Wildman–Crippen MR) is 99.5 cm³/mol. The molecule has 6 N–H and O–H groups in total. The van der Waals surface area contributed by atoms with E-state index in [0.29, 0.717) is 0 Å². The number of hydrogen-bond donors (Lipinski definition) is 6. The van der Waals surface area contributed by atoms with E-state index in [1.54, 1.807) is 0 Å². The van der Waals surface area contributed by atoms with E-state index in [-0.39, 0.29) is 0 Å². The summed E-state index contributed by atoms with van der Waals surface area (Å²) < 4.78 is 67.0. The Labute approximate surface area is 178 Å². The molecular weight excluding hydrogens is 508 g/mol. The molecule has 0 aromatic carbocycles. The van der Waals surface area contributed by atoms with Gasteiger partial charge in [-0.15, -0.1) is 0 Å². The average Bonchev–Trinajstić information content (AvgIpc) is 2.81. The fourth-order valence-electron chi connectivity index (χ4n) is 2.96. The minimum atomic E-state index is -5.82. The van der Waals surface area contributed by atoms with Gasteiger partial charge in [0.15, 0.2) is 5.60 Å². The number of alkyl halides is 1. The maximum Gasteiger partial charge on any atom is 0.490 e. The molecule has 1 aromatic rings. The molecule has 0 spiro atoms. The average molecular weight is 528 g/mol. The molecule has 20 heteroatoms. The highest BCUT2D eigenvalue weighted by molar-refractivity contribution is 7.66. The quantitative estimate of drug-likeness (QED) is 0.228. The third kappa shape index (κ3) is 6.29. The van der Waals surface area contributed by atoms with Gasteiger partial charge in [-0.1, -0.05) is 13.8 Å². The number of phosphoric ester groups is 1. The first-order valence-corrected chi connectivity index (χ1v) is 13.0. The zero-order valence-corrected chi connectivity index (χ0v) is 19.0. The van der Waals surface area contributed by atoms with Gasteiger partial charge in [-0.25, -0.2) is 22.9 Å². The molecule has 0 saturated carbocycles. The van der Waals surface area contributed by atoms with Gasteiger partial charge in [0, 0.05) is 12.3 Å². The van der Waals surface area contributed by atoms with Crippen molar-refractivity contribution < 1.29 is 60.6 Å². The Morgan fingerprint density at radius 1 is 1.22 bits per heavy atom. The van der Waals surface area contributed by atoms with E-state index in [9.17, 15) is 38.2 Å². The SMILES string of the molecule is CC(C)[C@]1(COP(=O)(O)OP(=O)(O)OP(=O)(O)O)O[C@@H](n2ccc(=O)[nH]c2=O)C[C@@]1(O)F. The Morgan fingerprint density at radius 3 is 2.31 bits per heavy atom. The minimum Gasteiger partial charge on any atom is -0.359 e. The van der Waals surface area contributed by atoms with Crippen molar-refractivity contribution in [3.8, 4) is 0 Å². The van der Waals surface area contributed by atoms with Crippen molar-refractivity contribution in [2.45, 2.75) is 38.0 Å². The molecule has 1 fully saturated rings. The second kappa shape index (κ2) is 8.95. The van der Waals surface area contributed by atoms with Crippen molar-refractivity contribution in [1.29, 1.82) is 0 Å². The molecule has 1 aliphatic rings. The van der Waals surface area contributed by atoms with Gasteiger partial charge in [0.1, 0.15) is 6.23 Å². The van der Waals surface area contributed by atoms with Crippen LogP contribution in [-0.2, 0) is 31.6 Å². The largest absolute Gasteiger partial charge is 0.490 e. The molecule has 0 amide bonds. The second-order valence-electron chi connectivity index (χ2n) is 6.96. The molecule has 16 nitrogen and oxygen atoms in total. The highest BCUT2D eigenvalue weighted by atomic mass is 31.3. The number of rotatable bonds is 9. The van der Waals surface area contributed by atoms with Crippen LogP contribution in [0.4, 0.5) is 4.39 Å². The van der Waals surface area contributed by atoms with E-state index < -0.39 is 71.3 Å². The van der Waals surface area contributed by atoms with Crippen molar-refractivity contribution in [3.05, 3.63) is 33.1 Å². The van der Waals surface area contributed by atoms with E-state index in [2.05, 4.69) is 13.1 Å². The first kappa shape index (κ1) is 27.2. The van der Waals surface area contributed by atoms with E-state index >= 15 is 4.39 Å². The number of aliphatic hydroxyl groups is 1. The van der Waals surface area contributed by atoms with Crippen LogP contribution in [0.1, 0.15) is 26.5 Å². The summed E-state index contributed by atoms with van der Waals surface area (Å²) in [6.45, 7) is 1.32. The van der Waals surface area contributed by atoms with E-state index in [4.69, 9.17) is 14.5 Å². The Kier molecular flexibility index (Phi) is 7.60. The lowest BCUT2D eigenvalue weighted by molar-refractivity contribution is -0.235. The molecule has 1 aliphatic heterocycles. The number of aromatic nitrogens is 2. The van der Waals surface area contributed by atoms with E-state index in [1.807, 2.05) is 4.98 Å². The van der Waals surface area contributed by atoms with Crippen LogP contribution in [0.15, 0.2) is 21.9 Å². The molecule has 1 aromatic heterocycles. The van der Waals surface area contributed by atoms with E-state index in [0.717, 1.165) is 16.8 Å². The summed E-state index contributed by atoms with van der Waals surface area (Å²) >= 11 is 0. The topological polar surface area (TPSA) is 244 Å². The highest BCUT2D eigenvalue weighted by Gasteiger charge is 2.63. The van der Waals surface area contributed by atoms with Gasteiger partial charge in [0.05, 0.1) is 13.0 Å². The summed E-state index contributed by atoms with van der Waals surface area (Å²) in [6, 6.07) is 0.920. The van der Waals surface area contributed by atoms with Crippen LogP contribution in [0, 0.1) is 5.92 Å². The third-order valence-corrected chi connectivity index (χ3v) is 8.17. The van der Waals surface area contributed by atoms with Gasteiger partial charge in [-0.05, 0) is 5.92 Å². The van der Waals surface area contributed by atoms with Gasteiger partial charge >= 0.3 is 29.2 Å². The molecule has 5 atom stereocenters. The van der Waals surface area contributed by atoms with Gasteiger partial charge in [0.25, 0.3) is 5.56 Å². The van der Waals surface area contributed by atoms with Crippen LogP contribution in [-0.4, -0.2) is 52.3 Å². The lowest BCUT2D eigenvalue weighted by Gasteiger charge is -2.38. The minimum absolute atomic E-state index is 0.737. The molecular formula is C12H20FN2O14P3. The third-order valence-electron chi connectivity index (χ3n) is 4.39. The first-order chi connectivity index (χ1) is 14.3. The van der Waals surface area contributed by atoms with Crippen molar-refractivity contribution in [1.82, 2.24) is 9.55 Å². The lowest BCUT2D eigenvalue weighted by atomic mass is 9.84. The maximum absolute atomic E-state index is 15.2.